The quantitative estimate of drug-likeness (QED) is 0.286. The molecule has 0 spiro atoms. The van der Waals surface area contributed by atoms with Crippen LogP contribution in [0.1, 0.15) is 27.0 Å². The van der Waals surface area contributed by atoms with E-state index in [4.69, 9.17) is 16.3 Å². The Bertz CT molecular complexity index is 1310. The molecule has 0 N–H and O–H groups in total. The number of nitrogens with zero attached hydrogens (tertiary/aromatic N) is 1. The van der Waals surface area contributed by atoms with Gasteiger partial charge in [0.05, 0.1) is 30.4 Å². The molecule has 0 radical (unpaired) electrons. The lowest BCUT2D eigenvalue weighted by atomic mass is 10.0. The Labute approximate surface area is 200 Å². The van der Waals surface area contributed by atoms with E-state index in [1.54, 1.807) is 38.4 Å². The van der Waals surface area contributed by atoms with Gasteiger partial charge in [0, 0.05) is 18.1 Å². The maximum Gasteiger partial charge on any atom is 0.245 e. The lowest BCUT2D eigenvalue weighted by Gasteiger charge is -2.29. The monoisotopic (exact) mass is 479 g/mol. The van der Waals surface area contributed by atoms with Crippen LogP contribution in [0.5, 0.6) is 5.75 Å². The number of hydrogen-bond donors (Lipinski definition) is 0. The van der Waals surface area contributed by atoms with E-state index in [-0.39, 0.29) is 15.7 Å². The van der Waals surface area contributed by atoms with Crippen molar-refractivity contribution in [2.75, 3.05) is 18.5 Å². The van der Waals surface area contributed by atoms with E-state index in [1.165, 1.54) is 22.5 Å². The molecule has 1 aliphatic rings. The summed E-state index contributed by atoms with van der Waals surface area (Å²) in [5.41, 5.74) is 3.08. The summed E-state index contributed by atoms with van der Waals surface area (Å²) < 4.78 is 33.4. The fourth-order valence-electron chi connectivity index (χ4n) is 3.38. The molecule has 3 aromatic carbocycles. The molecule has 0 fully saturated rings. The van der Waals surface area contributed by atoms with Crippen molar-refractivity contribution in [3.05, 3.63) is 98.7 Å². The number of hydrogen-bond acceptors (Lipinski definition) is 4. The van der Waals surface area contributed by atoms with E-state index in [0.29, 0.717) is 28.8 Å². The number of rotatable bonds is 3. The van der Waals surface area contributed by atoms with Crippen LogP contribution in [0.3, 0.4) is 0 Å². The zero-order valence-corrected chi connectivity index (χ0v) is 19.5. The van der Waals surface area contributed by atoms with Gasteiger partial charge in [-0.3, -0.25) is 4.79 Å². The second-order valence-corrected chi connectivity index (χ2v) is 9.21. The number of halogens is 2. The lowest BCUT2D eigenvalue weighted by Crippen LogP contribution is -2.36. The average molecular weight is 480 g/mol. The van der Waals surface area contributed by atoms with Gasteiger partial charge < -0.3 is 9.29 Å². The van der Waals surface area contributed by atoms with Gasteiger partial charge in [-0.1, -0.05) is 41.6 Å². The van der Waals surface area contributed by atoms with E-state index < -0.39 is 17.2 Å². The molecular formula is C26H19ClFNO3S. The molecule has 0 saturated heterocycles. The standard InChI is InChI=1S/C26H19ClFNO3S/c1-29-24-13-9-18(5-3-4-17-6-10-20(32-2)11-7-17)14-21(24)26(30)25(33(29)31)16-19-8-12-22(27)23(28)15-19/h6-16H,4H2,1-2H3/b25-16-. The minimum atomic E-state index is -1.72. The highest BCUT2D eigenvalue weighted by Gasteiger charge is 2.38. The third-order valence-electron chi connectivity index (χ3n) is 5.17. The maximum atomic E-state index is 13.8. The lowest BCUT2D eigenvalue weighted by molar-refractivity contribution is 0.104. The summed E-state index contributed by atoms with van der Waals surface area (Å²) in [6.07, 6.45) is 1.98. The molecule has 0 aromatic heterocycles. The zero-order chi connectivity index (χ0) is 23.5. The Morgan fingerprint density at radius 1 is 1.15 bits per heavy atom. The summed E-state index contributed by atoms with van der Waals surface area (Å²) in [7, 11) is 3.26. The van der Waals surface area contributed by atoms with Gasteiger partial charge in [-0.15, -0.1) is 0 Å². The molecular weight excluding hydrogens is 461 g/mol. The summed E-state index contributed by atoms with van der Waals surface area (Å²) in [5, 5.41) is -0.0198. The minimum absolute atomic E-state index is 0.0198. The highest BCUT2D eigenvalue weighted by atomic mass is 35.5. The van der Waals surface area contributed by atoms with E-state index in [2.05, 4.69) is 11.8 Å². The van der Waals surface area contributed by atoms with Crippen LogP contribution in [0.25, 0.3) is 6.08 Å². The number of fused-ring (bicyclic) bond motifs is 1. The molecule has 33 heavy (non-hydrogen) atoms. The number of ether oxygens (including phenoxy) is 1. The van der Waals surface area contributed by atoms with Gasteiger partial charge in [-0.05, 0) is 53.6 Å². The van der Waals surface area contributed by atoms with Gasteiger partial charge in [0.1, 0.15) is 22.9 Å². The number of methoxy groups -OCH3 is 1. The fraction of sp³-hybridized carbons (Fsp3) is 0.115. The summed E-state index contributed by atoms with van der Waals surface area (Å²) in [6, 6.07) is 17.1. The second kappa shape index (κ2) is 9.72. The smallest absolute Gasteiger partial charge is 0.245 e. The number of benzene rings is 3. The SMILES string of the molecule is COc1ccc(CC#Cc2ccc3c(c2)C(=O)/C(=C/c2ccc(Cl)c(F)c2)[S+]([O-])N3C)cc1. The Kier molecular flexibility index (Phi) is 6.75. The number of carbonyl (C=O) groups is 1. The van der Waals surface area contributed by atoms with Crippen LogP contribution in [0.4, 0.5) is 10.1 Å². The van der Waals surface area contributed by atoms with Crippen LogP contribution in [-0.4, -0.2) is 24.5 Å². The van der Waals surface area contributed by atoms with Gasteiger partial charge in [0.25, 0.3) is 0 Å². The predicted octanol–water partition coefficient (Wildman–Crippen LogP) is 5.42. The normalized spacial score (nSPS) is 16.3. The highest BCUT2D eigenvalue weighted by Crippen LogP contribution is 2.35. The molecule has 0 aliphatic carbocycles. The Balaban J connectivity index is 1.62. The molecule has 4 nitrogen and oxygen atoms in total. The molecule has 0 saturated carbocycles. The van der Waals surface area contributed by atoms with Crippen LogP contribution in [0.15, 0.2) is 65.6 Å². The second-order valence-electron chi connectivity index (χ2n) is 7.32. The minimum Gasteiger partial charge on any atom is -0.588 e. The summed E-state index contributed by atoms with van der Waals surface area (Å²) in [6.45, 7) is 0. The molecule has 1 heterocycles. The summed E-state index contributed by atoms with van der Waals surface area (Å²) >= 11 is 4.01. The first kappa shape index (κ1) is 22.9. The van der Waals surface area contributed by atoms with E-state index in [9.17, 15) is 13.7 Å². The Morgan fingerprint density at radius 2 is 1.91 bits per heavy atom. The third kappa shape index (κ3) is 4.91. The Hall–Kier alpha value is -3.24. The third-order valence-corrected chi connectivity index (χ3v) is 6.85. The molecule has 166 valence electrons. The van der Waals surface area contributed by atoms with Gasteiger partial charge in [-0.2, -0.15) is 4.31 Å². The van der Waals surface area contributed by atoms with Crippen molar-refractivity contribution < 1.29 is 18.5 Å². The largest absolute Gasteiger partial charge is 0.588 e. The van der Waals surface area contributed by atoms with Crippen molar-refractivity contribution in [2.24, 2.45) is 0 Å². The highest BCUT2D eigenvalue weighted by molar-refractivity contribution is 7.97. The molecule has 4 rings (SSSR count). The summed E-state index contributed by atoms with van der Waals surface area (Å²) in [5.74, 6) is 6.00. The van der Waals surface area contributed by atoms with Crippen molar-refractivity contribution in [3.63, 3.8) is 0 Å². The van der Waals surface area contributed by atoms with Gasteiger partial charge in [0.15, 0.2) is 0 Å². The fourth-order valence-corrected chi connectivity index (χ4v) is 4.64. The van der Waals surface area contributed by atoms with Crippen LogP contribution in [0.2, 0.25) is 5.02 Å². The molecule has 0 amide bonds. The van der Waals surface area contributed by atoms with Gasteiger partial charge in [-0.25, -0.2) is 4.39 Å². The first-order valence-corrected chi connectivity index (χ1v) is 11.5. The molecule has 3 aromatic rings. The molecule has 1 atom stereocenters. The molecule has 0 bridgehead atoms. The van der Waals surface area contributed by atoms with Gasteiger partial charge >= 0.3 is 0 Å². The van der Waals surface area contributed by atoms with Crippen LogP contribution in [-0.2, 0) is 17.8 Å². The zero-order valence-electron chi connectivity index (χ0n) is 17.9. The van der Waals surface area contributed by atoms with E-state index in [1.807, 2.05) is 24.3 Å². The maximum absolute atomic E-state index is 13.8. The molecule has 7 heteroatoms. The topological polar surface area (TPSA) is 52.6 Å². The molecule has 1 unspecified atom stereocenters. The van der Waals surface area contributed by atoms with Crippen molar-refractivity contribution in [2.45, 2.75) is 6.42 Å². The van der Waals surface area contributed by atoms with Crippen LogP contribution < -0.4 is 9.04 Å². The number of anilines is 1. The average Bonchev–Trinajstić information content (AvgIpc) is 2.83. The van der Waals surface area contributed by atoms with Crippen molar-refractivity contribution in [3.8, 4) is 17.6 Å². The van der Waals surface area contributed by atoms with Crippen molar-refractivity contribution in [1.82, 2.24) is 0 Å². The first-order chi connectivity index (χ1) is 15.9. The van der Waals surface area contributed by atoms with E-state index in [0.717, 1.165) is 11.3 Å². The van der Waals surface area contributed by atoms with Crippen LogP contribution in [0, 0.1) is 17.7 Å². The van der Waals surface area contributed by atoms with Crippen molar-refractivity contribution >= 4 is 40.5 Å². The Morgan fingerprint density at radius 3 is 2.61 bits per heavy atom. The van der Waals surface area contributed by atoms with Crippen LogP contribution >= 0.6 is 11.6 Å². The van der Waals surface area contributed by atoms with Gasteiger partial charge in [0.2, 0.25) is 10.7 Å². The van der Waals surface area contributed by atoms with Crippen molar-refractivity contribution in [1.29, 1.82) is 0 Å². The predicted molar refractivity (Wildman–Crippen MR) is 130 cm³/mol. The number of ketones is 1. The van der Waals surface area contributed by atoms with E-state index >= 15 is 0 Å². The number of carbonyl (C=O) groups excluding carboxylic acids is 1. The molecule has 1 aliphatic heterocycles. The number of allylic oxidation sites excluding steroid dienone is 1. The summed E-state index contributed by atoms with van der Waals surface area (Å²) in [4.78, 5) is 13.2. The first-order valence-electron chi connectivity index (χ1n) is 10.0. The number of Topliss-reactive ketones (excluding diaryl/α,β-unsaturated/α-hetero) is 1.